The third kappa shape index (κ3) is 2.83. The molecule has 96 valence electrons. The minimum atomic E-state index is -0.359. The first-order chi connectivity index (χ1) is 9.13. The standard InChI is InChI=1S/C15H13FN2O/c1-10-7-12(4-3-11(10)9-17)18-15-8-13(19-2)5-6-14(15)16/h3-8,18H,1-2H3. The van der Waals surface area contributed by atoms with E-state index < -0.39 is 0 Å². The number of aryl methyl sites for hydroxylation is 1. The Labute approximate surface area is 111 Å². The number of nitriles is 1. The zero-order chi connectivity index (χ0) is 13.8. The normalized spacial score (nSPS) is 9.79. The summed E-state index contributed by atoms with van der Waals surface area (Å²) in [5, 5.41) is 11.8. The van der Waals surface area contributed by atoms with Crippen LogP contribution >= 0.6 is 0 Å². The zero-order valence-corrected chi connectivity index (χ0v) is 10.7. The molecule has 3 nitrogen and oxygen atoms in total. The second kappa shape index (κ2) is 5.40. The van der Waals surface area contributed by atoms with Gasteiger partial charge in [0.1, 0.15) is 11.6 Å². The highest BCUT2D eigenvalue weighted by Gasteiger charge is 2.05. The molecule has 0 bridgehead atoms. The predicted molar refractivity (Wildman–Crippen MR) is 72.1 cm³/mol. The molecule has 4 heteroatoms. The molecular weight excluding hydrogens is 243 g/mol. The van der Waals surface area contributed by atoms with Gasteiger partial charge in [-0.05, 0) is 42.8 Å². The summed E-state index contributed by atoms with van der Waals surface area (Å²) >= 11 is 0. The van der Waals surface area contributed by atoms with E-state index >= 15 is 0 Å². The van der Waals surface area contributed by atoms with Gasteiger partial charge in [0.25, 0.3) is 0 Å². The molecule has 2 aromatic rings. The zero-order valence-electron chi connectivity index (χ0n) is 10.7. The second-order valence-electron chi connectivity index (χ2n) is 4.11. The van der Waals surface area contributed by atoms with Crippen molar-refractivity contribution in [1.82, 2.24) is 0 Å². The molecule has 0 atom stereocenters. The van der Waals surface area contributed by atoms with E-state index in [0.717, 1.165) is 11.3 Å². The third-order valence-corrected chi connectivity index (χ3v) is 2.80. The predicted octanol–water partition coefficient (Wildman–Crippen LogP) is 3.76. The van der Waals surface area contributed by atoms with Gasteiger partial charge in [0.2, 0.25) is 0 Å². The van der Waals surface area contributed by atoms with Crippen LogP contribution in [0, 0.1) is 24.1 Å². The lowest BCUT2D eigenvalue weighted by molar-refractivity contribution is 0.414. The first-order valence-corrected chi connectivity index (χ1v) is 5.75. The second-order valence-corrected chi connectivity index (χ2v) is 4.11. The molecular formula is C15H13FN2O. The Hall–Kier alpha value is -2.54. The van der Waals surface area contributed by atoms with E-state index in [2.05, 4.69) is 11.4 Å². The number of nitrogens with zero attached hydrogens (tertiary/aromatic N) is 1. The van der Waals surface area contributed by atoms with Gasteiger partial charge in [-0.3, -0.25) is 0 Å². The number of benzene rings is 2. The fraction of sp³-hybridized carbons (Fsp3) is 0.133. The molecule has 0 unspecified atom stereocenters. The van der Waals surface area contributed by atoms with Crippen LogP contribution in [-0.4, -0.2) is 7.11 Å². The maximum absolute atomic E-state index is 13.7. The number of nitrogens with one attached hydrogen (secondary N) is 1. The van der Waals surface area contributed by atoms with Gasteiger partial charge in [0, 0.05) is 11.8 Å². The van der Waals surface area contributed by atoms with Crippen molar-refractivity contribution in [3.05, 3.63) is 53.3 Å². The summed E-state index contributed by atoms with van der Waals surface area (Å²) in [6, 6.07) is 11.8. The molecule has 0 spiro atoms. The minimum absolute atomic E-state index is 0.337. The molecule has 0 saturated carbocycles. The van der Waals surface area contributed by atoms with Gasteiger partial charge in [-0.15, -0.1) is 0 Å². The minimum Gasteiger partial charge on any atom is -0.497 e. The first kappa shape index (κ1) is 12.9. The number of methoxy groups -OCH3 is 1. The summed E-state index contributed by atoms with van der Waals surface area (Å²) in [4.78, 5) is 0. The van der Waals surface area contributed by atoms with Gasteiger partial charge in [0.15, 0.2) is 0 Å². The Morgan fingerprint density at radius 2 is 2.00 bits per heavy atom. The molecule has 1 N–H and O–H groups in total. The van der Waals surface area contributed by atoms with Crippen LogP contribution < -0.4 is 10.1 Å². The van der Waals surface area contributed by atoms with Crippen molar-refractivity contribution in [2.45, 2.75) is 6.92 Å². The lowest BCUT2D eigenvalue weighted by Gasteiger charge is -2.10. The number of hydrogen-bond acceptors (Lipinski definition) is 3. The number of hydrogen-bond donors (Lipinski definition) is 1. The van der Waals surface area contributed by atoms with Crippen LogP contribution in [0.5, 0.6) is 5.75 Å². The van der Waals surface area contributed by atoms with Crippen molar-refractivity contribution >= 4 is 11.4 Å². The molecule has 0 amide bonds. The van der Waals surface area contributed by atoms with Crippen LogP contribution in [0.3, 0.4) is 0 Å². The molecule has 0 aliphatic carbocycles. The largest absolute Gasteiger partial charge is 0.497 e. The Morgan fingerprint density at radius 3 is 2.63 bits per heavy atom. The fourth-order valence-electron chi connectivity index (χ4n) is 1.75. The van der Waals surface area contributed by atoms with E-state index in [1.54, 1.807) is 30.3 Å². The molecule has 0 aliphatic heterocycles. The summed E-state index contributed by atoms with van der Waals surface area (Å²) in [6.45, 7) is 1.84. The molecule has 0 heterocycles. The first-order valence-electron chi connectivity index (χ1n) is 5.75. The van der Waals surface area contributed by atoms with E-state index in [1.165, 1.54) is 13.2 Å². The molecule has 0 aromatic heterocycles. The van der Waals surface area contributed by atoms with Crippen LogP contribution in [-0.2, 0) is 0 Å². The number of halogens is 1. The Balaban J connectivity index is 2.31. The smallest absolute Gasteiger partial charge is 0.146 e. The van der Waals surface area contributed by atoms with E-state index in [9.17, 15) is 4.39 Å². The average molecular weight is 256 g/mol. The van der Waals surface area contributed by atoms with Gasteiger partial charge in [0.05, 0.1) is 24.4 Å². The lowest BCUT2D eigenvalue weighted by atomic mass is 10.1. The molecule has 0 fully saturated rings. The Bertz CT molecular complexity index is 647. The Kier molecular flexibility index (Phi) is 3.67. The molecule has 0 aliphatic rings. The van der Waals surface area contributed by atoms with Crippen molar-refractivity contribution in [3.8, 4) is 11.8 Å². The quantitative estimate of drug-likeness (QED) is 0.909. The monoisotopic (exact) mass is 256 g/mol. The van der Waals surface area contributed by atoms with E-state index in [4.69, 9.17) is 10.00 Å². The SMILES string of the molecule is COc1ccc(F)c(Nc2ccc(C#N)c(C)c2)c1. The summed E-state index contributed by atoms with van der Waals surface area (Å²) in [5.74, 6) is 0.220. The third-order valence-electron chi connectivity index (χ3n) is 2.80. The summed E-state index contributed by atoms with van der Waals surface area (Å²) < 4.78 is 18.7. The molecule has 0 radical (unpaired) electrons. The van der Waals surface area contributed by atoms with Crippen LogP contribution in [0.2, 0.25) is 0 Å². The van der Waals surface area contributed by atoms with Crippen LogP contribution in [0.1, 0.15) is 11.1 Å². The topological polar surface area (TPSA) is 45.0 Å². The Morgan fingerprint density at radius 1 is 1.21 bits per heavy atom. The van der Waals surface area contributed by atoms with Crippen LogP contribution in [0.4, 0.5) is 15.8 Å². The average Bonchev–Trinajstić information content (AvgIpc) is 2.41. The van der Waals surface area contributed by atoms with Crippen molar-refractivity contribution in [3.63, 3.8) is 0 Å². The summed E-state index contributed by atoms with van der Waals surface area (Å²) in [6.07, 6.45) is 0. The van der Waals surface area contributed by atoms with Crippen LogP contribution in [0.15, 0.2) is 36.4 Å². The number of rotatable bonds is 3. The van der Waals surface area contributed by atoms with Gasteiger partial charge >= 0.3 is 0 Å². The highest BCUT2D eigenvalue weighted by atomic mass is 19.1. The highest BCUT2D eigenvalue weighted by Crippen LogP contribution is 2.25. The fourth-order valence-corrected chi connectivity index (χ4v) is 1.75. The van der Waals surface area contributed by atoms with Gasteiger partial charge in [-0.2, -0.15) is 5.26 Å². The van der Waals surface area contributed by atoms with E-state index in [-0.39, 0.29) is 5.82 Å². The lowest BCUT2D eigenvalue weighted by Crippen LogP contribution is -1.96. The summed E-state index contributed by atoms with van der Waals surface area (Å²) in [7, 11) is 1.53. The molecule has 19 heavy (non-hydrogen) atoms. The summed E-state index contributed by atoms with van der Waals surface area (Å²) in [5.41, 5.74) is 2.51. The van der Waals surface area contributed by atoms with Crippen LogP contribution in [0.25, 0.3) is 0 Å². The van der Waals surface area contributed by atoms with Gasteiger partial charge < -0.3 is 10.1 Å². The van der Waals surface area contributed by atoms with Crippen molar-refractivity contribution in [2.24, 2.45) is 0 Å². The maximum Gasteiger partial charge on any atom is 0.146 e. The molecule has 0 saturated heterocycles. The highest BCUT2D eigenvalue weighted by molar-refractivity contribution is 5.63. The van der Waals surface area contributed by atoms with E-state index in [0.29, 0.717) is 17.0 Å². The van der Waals surface area contributed by atoms with E-state index in [1.807, 2.05) is 6.92 Å². The van der Waals surface area contributed by atoms with Crippen molar-refractivity contribution in [2.75, 3.05) is 12.4 Å². The van der Waals surface area contributed by atoms with Crippen molar-refractivity contribution in [1.29, 1.82) is 5.26 Å². The molecule has 2 rings (SSSR count). The molecule has 2 aromatic carbocycles. The van der Waals surface area contributed by atoms with Gasteiger partial charge in [-0.25, -0.2) is 4.39 Å². The van der Waals surface area contributed by atoms with Crippen molar-refractivity contribution < 1.29 is 9.13 Å². The maximum atomic E-state index is 13.7. The number of anilines is 2. The number of ether oxygens (including phenoxy) is 1. The van der Waals surface area contributed by atoms with Gasteiger partial charge in [-0.1, -0.05) is 0 Å².